The van der Waals surface area contributed by atoms with Crippen LogP contribution in [0.5, 0.6) is 0 Å². The van der Waals surface area contributed by atoms with Crippen molar-refractivity contribution in [2.75, 3.05) is 6.54 Å². The van der Waals surface area contributed by atoms with Crippen molar-refractivity contribution in [3.63, 3.8) is 0 Å². The molecule has 108 valence electrons. The Labute approximate surface area is 121 Å². The molecule has 0 fully saturated rings. The summed E-state index contributed by atoms with van der Waals surface area (Å²) in [5, 5.41) is 0. The molecule has 1 aromatic heterocycles. The highest BCUT2D eigenvalue weighted by molar-refractivity contribution is 5.80. The van der Waals surface area contributed by atoms with Gasteiger partial charge in [-0.15, -0.1) is 0 Å². The summed E-state index contributed by atoms with van der Waals surface area (Å²) >= 11 is 0. The van der Waals surface area contributed by atoms with Crippen LogP contribution in [0.1, 0.15) is 6.42 Å². The van der Waals surface area contributed by atoms with Crippen LogP contribution in [0.2, 0.25) is 0 Å². The Morgan fingerprint density at radius 3 is 2.48 bits per heavy atom. The molecular formula is C16H15F2N3. The molecule has 0 spiro atoms. The molecule has 2 aromatic carbocycles. The van der Waals surface area contributed by atoms with Gasteiger partial charge in [0.25, 0.3) is 0 Å². The maximum absolute atomic E-state index is 13.5. The number of benzene rings is 2. The lowest BCUT2D eigenvalue weighted by atomic mass is 10.2. The van der Waals surface area contributed by atoms with E-state index in [1.807, 2.05) is 34.9 Å². The SMILES string of the molecule is NCCCn1c(-c2ccccc2)nc2cc(F)c(F)cc21. The normalized spacial score (nSPS) is 11.2. The van der Waals surface area contributed by atoms with E-state index in [-0.39, 0.29) is 0 Å². The molecule has 0 aliphatic rings. The van der Waals surface area contributed by atoms with Crippen LogP contribution in [-0.4, -0.2) is 16.1 Å². The van der Waals surface area contributed by atoms with Gasteiger partial charge in [0.2, 0.25) is 0 Å². The maximum Gasteiger partial charge on any atom is 0.161 e. The van der Waals surface area contributed by atoms with E-state index in [0.29, 0.717) is 29.9 Å². The predicted molar refractivity (Wildman–Crippen MR) is 78.8 cm³/mol. The van der Waals surface area contributed by atoms with E-state index < -0.39 is 11.6 Å². The predicted octanol–water partition coefficient (Wildman–Crippen LogP) is 3.33. The van der Waals surface area contributed by atoms with Gasteiger partial charge in [0.15, 0.2) is 11.6 Å². The van der Waals surface area contributed by atoms with Gasteiger partial charge in [0.1, 0.15) is 5.82 Å². The second-order valence-electron chi connectivity index (χ2n) is 4.85. The summed E-state index contributed by atoms with van der Waals surface area (Å²) in [4.78, 5) is 4.45. The van der Waals surface area contributed by atoms with E-state index in [2.05, 4.69) is 4.98 Å². The molecule has 21 heavy (non-hydrogen) atoms. The second kappa shape index (κ2) is 5.61. The highest BCUT2D eigenvalue weighted by Crippen LogP contribution is 2.26. The molecule has 5 heteroatoms. The molecule has 0 amide bonds. The van der Waals surface area contributed by atoms with Crippen LogP contribution >= 0.6 is 0 Å². The zero-order valence-corrected chi connectivity index (χ0v) is 11.4. The summed E-state index contributed by atoms with van der Waals surface area (Å²) in [5.41, 5.74) is 7.51. The largest absolute Gasteiger partial charge is 0.330 e. The Kier molecular flexibility index (Phi) is 3.66. The third-order valence-corrected chi connectivity index (χ3v) is 3.41. The standard InChI is InChI=1S/C16H15F2N3/c17-12-9-14-15(10-13(12)18)21(8-4-7-19)16(20-14)11-5-2-1-3-6-11/h1-3,5-6,9-10H,4,7-8,19H2. The minimum Gasteiger partial charge on any atom is -0.330 e. The number of aryl methyl sites for hydroxylation is 1. The second-order valence-corrected chi connectivity index (χ2v) is 4.85. The molecule has 3 aromatic rings. The van der Waals surface area contributed by atoms with Crippen molar-refractivity contribution in [3.8, 4) is 11.4 Å². The number of hydrogen-bond acceptors (Lipinski definition) is 2. The molecule has 2 N–H and O–H groups in total. The van der Waals surface area contributed by atoms with E-state index in [4.69, 9.17) is 5.73 Å². The van der Waals surface area contributed by atoms with E-state index in [0.717, 1.165) is 18.1 Å². The fourth-order valence-electron chi connectivity index (χ4n) is 2.40. The maximum atomic E-state index is 13.5. The van der Waals surface area contributed by atoms with Gasteiger partial charge in [0.05, 0.1) is 11.0 Å². The van der Waals surface area contributed by atoms with E-state index in [9.17, 15) is 8.78 Å². The van der Waals surface area contributed by atoms with Crippen molar-refractivity contribution in [2.24, 2.45) is 5.73 Å². The van der Waals surface area contributed by atoms with Gasteiger partial charge in [0, 0.05) is 24.2 Å². The fraction of sp³-hybridized carbons (Fsp3) is 0.188. The number of aromatic nitrogens is 2. The summed E-state index contributed by atoms with van der Waals surface area (Å²) < 4.78 is 28.8. The topological polar surface area (TPSA) is 43.8 Å². The van der Waals surface area contributed by atoms with Crippen molar-refractivity contribution < 1.29 is 8.78 Å². The first-order valence-corrected chi connectivity index (χ1v) is 6.81. The number of imidazole rings is 1. The number of hydrogen-bond donors (Lipinski definition) is 1. The molecule has 3 nitrogen and oxygen atoms in total. The van der Waals surface area contributed by atoms with Gasteiger partial charge < -0.3 is 10.3 Å². The van der Waals surface area contributed by atoms with E-state index in [1.165, 1.54) is 6.07 Å². The molecule has 0 aliphatic carbocycles. The summed E-state index contributed by atoms with van der Waals surface area (Å²) in [7, 11) is 0. The molecule has 0 saturated carbocycles. The number of fused-ring (bicyclic) bond motifs is 1. The average Bonchev–Trinajstić information content (AvgIpc) is 2.84. The zero-order chi connectivity index (χ0) is 14.8. The molecule has 1 heterocycles. The molecule has 0 unspecified atom stereocenters. The van der Waals surface area contributed by atoms with Gasteiger partial charge in [-0.25, -0.2) is 13.8 Å². The van der Waals surface area contributed by atoms with Crippen molar-refractivity contribution in [3.05, 3.63) is 54.1 Å². The Bertz CT molecular complexity index is 766. The zero-order valence-electron chi connectivity index (χ0n) is 11.4. The van der Waals surface area contributed by atoms with Crippen LogP contribution in [0.4, 0.5) is 8.78 Å². The Morgan fingerprint density at radius 1 is 1.05 bits per heavy atom. The lowest BCUT2D eigenvalue weighted by Crippen LogP contribution is -2.07. The lowest BCUT2D eigenvalue weighted by Gasteiger charge is -2.08. The highest BCUT2D eigenvalue weighted by Gasteiger charge is 2.15. The summed E-state index contributed by atoms with van der Waals surface area (Å²) in [6, 6.07) is 11.9. The van der Waals surface area contributed by atoms with Gasteiger partial charge in [-0.2, -0.15) is 0 Å². The molecule has 0 radical (unpaired) electrons. The first-order chi connectivity index (χ1) is 10.2. The van der Waals surface area contributed by atoms with E-state index >= 15 is 0 Å². The van der Waals surface area contributed by atoms with Crippen LogP contribution in [0.3, 0.4) is 0 Å². The Morgan fingerprint density at radius 2 is 1.76 bits per heavy atom. The molecule has 0 aliphatic heterocycles. The lowest BCUT2D eigenvalue weighted by molar-refractivity contribution is 0.510. The van der Waals surface area contributed by atoms with Crippen LogP contribution in [0.25, 0.3) is 22.4 Å². The monoisotopic (exact) mass is 287 g/mol. The number of rotatable bonds is 4. The van der Waals surface area contributed by atoms with Crippen LogP contribution in [0.15, 0.2) is 42.5 Å². The van der Waals surface area contributed by atoms with Crippen molar-refractivity contribution in [1.82, 2.24) is 9.55 Å². The third kappa shape index (κ3) is 2.52. The van der Waals surface area contributed by atoms with Gasteiger partial charge in [-0.1, -0.05) is 30.3 Å². The van der Waals surface area contributed by atoms with Gasteiger partial charge >= 0.3 is 0 Å². The van der Waals surface area contributed by atoms with Crippen LogP contribution < -0.4 is 5.73 Å². The van der Waals surface area contributed by atoms with Crippen LogP contribution in [0, 0.1) is 11.6 Å². The summed E-state index contributed by atoms with van der Waals surface area (Å²) in [5.74, 6) is -1.05. The minimum absolute atomic E-state index is 0.449. The number of nitrogens with zero attached hydrogens (tertiary/aromatic N) is 2. The van der Waals surface area contributed by atoms with Gasteiger partial charge in [-0.05, 0) is 13.0 Å². The Hall–Kier alpha value is -2.27. The Balaban J connectivity index is 2.22. The van der Waals surface area contributed by atoms with Crippen LogP contribution in [-0.2, 0) is 6.54 Å². The number of nitrogens with two attached hydrogens (primary N) is 1. The van der Waals surface area contributed by atoms with Crippen molar-refractivity contribution >= 4 is 11.0 Å². The minimum atomic E-state index is -0.884. The average molecular weight is 287 g/mol. The molecule has 0 atom stereocenters. The first kappa shape index (κ1) is 13.7. The summed E-state index contributed by atoms with van der Waals surface area (Å²) in [6.45, 7) is 1.14. The quantitative estimate of drug-likeness (QED) is 0.800. The molecular weight excluding hydrogens is 272 g/mol. The molecule has 3 rings (SSSR count). The first-order valence-electron chi connectivity index (χ1n) is 6.81. The van der Waals surface area contributed by atoms with Crippen molar-refractivity contribution in [2.45, 2.75) is 13.0 Å². The third-order valence-electron chi connectivity index (χ3n) is 3.41. The number of halogens is 2. The van der Waals surface area contributed by atoms with E-state index in [1.54, 1.807) is 0 Å². The fourth-order valence-corrected chi connectivity index (χ4v) is 2.40. The van der Waals surface area contributed by atoms with Gasteiger partial charge in [-0.3, -0.25) is 0 Å². The summed E-state index contributed by atoms with van der Waals surface area (Å²) in [6.07, 6.45) is 0.740. The highest BCUT2D eigenvalue weighted by atomic mass is 19.2. The molecule has 0 saturated heterocycles. The molecule has 0 bridgehead atoms. The smallest absolute Gasteiger partial charge is 0.161 e. The van der Waals surface area contributed by atoms with Crippen molar-refractivity contribution in [1.29, 1.82) is 0 Å².